The zero-order valence-corrected chi connectivity index (χ0v) is 14.7. The predicted molar refractivity (Wildman–Crippen MR) is 101 cm³/mol. The summed E-state index contributed by atoms with van der Waals surface area (Å²) in [6.45, 7) is 2.24. The Morgan fingerprint density at radius 3 is 1.61 bits per heavy atom. The molecule has 0 aromatic rings. The lowest BCUT2D eigenvalue weighted by atomic mass is 10.2. The zero-order chi connectivity index (χ0) is 16.3. The first-order valence-electron chi connectivity index (χ1n) is 8.65. The highest BCUT2D eigenvalue weighted by Gasteiger charge is 1.90. The van der Waals surface area contributed by atoms with Crippen LogP contribution in [0.15, 0.2) is 48.6 Å². The fraction of sp³-hybridized carbons (Fsp3) is 0.550. The number of hydrogen-bond acceptors (Lipinski definition) is 1. The standard InChI is InChI=1S/C20H33NO.H2O/c1-2-3-4-5-6-7-8-9-10-11-12-13-14-15-16-17-18-19-20(21)22;/h6-7,9-10,12-13,15-16H,2-5,8,11,14,17-19H2,1H3,(H2,21,22);1H2/b7-6-,10-9-,13-12-,16-15-;. The van der Waals surface area contributed by atoms with E-state index in [1.807, 2.05) is 0 Å². The Morgan fingerprint density at radius 1 is 0.739 bits per heavy atom. The van der Waals surface area contributed by atoms with Gasteiger partial charge >= 0.3 is 0 Å². The van der Waals surface area contributed by atoms with Crippen molar-refractivity contribution in [2.45, 2.75) is 71.1 Å². The van der Waals surface area contributed by atoms with Gasteiger partial charge in [0.15, 0.2) is 0 Å². The molecule has 0 aromatic carbocycles. The van der Waals surface area contributed by atoms with Gasteiger partial charge in [-0.3, -0.25) is 4.79 Å². The number of rotatable bonds is 14. The molecule has 3 heteroatoms. The Kier molecular flexibility index (Phi) is 21.0. The fourth-order valence-electron chi connectivity index (χ4n) is 1.96. The molecule has 0 unspecified atom stereocenters. The Balaban J connectivity index is 0. The van der Waals surface area contributed by atoms with Crippen molar-refractivity contribution >= 4 is 5.91 Å². The number of unbranched alkanes of at least 4 members (excludes halogenated alkanes) is 4. The van der Waals surface area contributed by atoms with Crippen molar-refractivity contribution in [1.82, 2.24) is 0 Å². The minimum absolute atomic E-state index is 0. The SMILES string of the molecule is CCCCC/C=C\C/C=C\C/C=C\C/C=C\CCCC(N)=O.O. The molecule has 0 saturated heterocycles. The van der Waals surface area contributed by atoms with Gasteiger partial charge in [-0.05, 0) is 44.9 Å². The first-order chi connectivity index (χ1) is 10.8. The molecule has 23 heavy (non-hydrogen) atoms. The Labute approximate surface area is 142 Å². The summed E-state index contributed by atoms with van der Waals surface area (Å²) >= 11 is 0. The quantitative estimate of drug-likeness (QED) is 0.362. The summed E-state index contributed by atoms with van der Waals surface area (Å²) < 4.78 is 0. The Morgan fingerprint density at radius 2 is 1.17 bits per heavy atom. The highest BCUT2D eigenvalue weighted by Crippen LogP contribution is 2.01. The van der Waals surface area contributed by atoms with E-state index in [4.69, 9.17) is 5.73 Å². The molecule has 0 fully saturated rings. The molecule has 0 rings (SSSR count). The third-order valence-electron chi connectivity index (χ3n) is 3.25. The second kappa shape index (κ2) is 20.4. The number of amides is 1. The molecule has 1 amide bonds. The maximum absolute atomic E-state index is 10.5. The van der Waals surface area contributed by atoms with Crippen LogP contribution in [-0.2, 0) is 4.79 Å². The molecule has 0 aliphatic carbocycles. The molecular weight excluding hydrogens is 286 g/mol. The van der Waals surface area contributed by atoms with Crippen LogP contribution in [0.1, 0.15) is 71.1 Å². The van der Waals surface area contributed by atoms with Crippen LogP contribution in [-0.4, -0.2) is 11.4 Å². The van der Waals surface area contributed by atoms with E-state index < -0.39 is 0 Å². The lowest BCUT2D eigenvalue weighted by molar-refractivity contribution is -0.118. The molecule has 3 nitrogen and oxygen atoms in total. The summed E-state index contributed by atoms with van der Waals surface area (Å²) in [5, 5.41) is 0. The van der Waals surface area contributed by atoms with Crippen LogP contribution in [0.4, 0.5) is 0 Å². The topological polar surface area (TPSA) is 74.6 Å². The van der Waals surface area contributed by atoms with Gasteiger partial charge in [0.1, 0.15) is 0 Å². The maximum atomic E-state index is 10.5. The van der Waals surface area contributed by atoms with Crippen LogP contribution >= 0.6 is 0 Å². The van der Waals surface area contributed by atoms with E-state index in [0.29, 0.717) is 6.42 Å². The van der Waals surface area contributed by atoms with Gasteiger partial charge in [-0.25, -0.2) is 0 Å². The van der Waals surface area contributed by atoms with E-state index in [9.17, 15) is 4.79 Å². The van der Waals surface area contributed by atoms with Crippen molar-refractivity contribution in [3.05, 3.63) is 48.6 Å². The van der Waals surface area contributed by atoms with Gasteiger partial charge in [-0.1, -0.05) is 68.4 Å². The number of hydrogen-bond donors (Lipinski definition) is 1. The van der Waals surface area contributed by atoms with E-state index in [-0.39, 0.29) is 11.4 Å². The van der Waals surface area contributed by atoms with E-state index in [1.54, 1.807) is 0 Å². The Bertz CT molecular complexity index is 368. The van der Waals surface area contributed by atoms with Gasteiger partial charge < -0.3 is 11.2 Å². The maximum Gasteiger partial charge on any atom is 0.217 e. The van der Waals surface area contributed by atoms with Crippen LogP contribution < -0.4 is 5.73 Å². The van der Waals surface area contributed by atoms with E-state index >= 15 is 0 Å². The summed E-state index contributed by atoms with van der Waals surface area (Å²) in [7, 11) is 0. The van der Waals surface area contributed by atoms with Gasteiger partial charge in [0.05, 0.1) is 0 Å². The van der Waals surface area contributed by atoms with Crippen molar-refractivity contribution in [2.24, 2.45) is 5.73 Å². The molecule has 0 heterocycles. The van der Waals surface area contributed by atoms with E-state index in [0.717, 1.165) is 32.1 Å². The second-order valence-electron chi connectivity index (χ2n) is 5.45. The van der Waals surface area contributed by atoms with Crippen LogP contribution in [0.3, 0.4) is 0 Å². The third-order valence-corrected chi connectivity index (χ3v) is 3.25. The van der Waals surface area contributed by atoms with Crippen LogP contribution in [0.2, 0.25) is 0 Å². The predicted octanol–water partition coefficient (Wildman–Crippen LogP) is 4.79. The van der Waals surface area contributed by atoms with E-state index in [2.05, 4.69) is 55.5 Å². The monoisotopic (exact) mass is 321 g/mol. The molecule has 0 atom stereocenters. The van der Waals surface area contributed by atoms with Crippen LogP contribution in [0, 0.1) is 0 Å². The second-order valence-corrected chi connectivity index (χ2v) is 5.45. The summed E-state index contributed by atoms with van der Waals surface area (Å²) in [6, 6.07) is 0. The summed E-state index contributed by atoms with van der Waals surface area (Å²) in [6.07, 6.45) is 28.0. The number of nitrogens with two attached hydrogens (primary N) is 1. The van der Waals surface area contributed by atoms with E-state index in [1.165, 1.54) is 25.7 Å². The molecule has 0 aromatic heterocycles. The molecule has 0 radical (unpaired) electrons. The van der Waals surface area contributed by atoms with Crippen molar-refractivity contribution in [2.75, 3.05) is 0 Å². The smallest absolute Gasteiger partial charge is 0.217 e. The minimum Gasteiger partial charge on any atom is -0.412 e. The molecule has 0 aliphatic rings. The molecule has 0 aliphatic heterocycles. The lowest BCUT2D eigenvalue weighted by Crippen LogP contribution is -2.09. The van der Waals surface area contributed by atoms with Gasteiger partial charge in [-0.15, -0.1) is 0 Å². The summed E-state index contributed by atoms with van der Waals surface area (Å²) in [5.74, 6) is -0.212. The molecule has 0 bridgehead atoms. The minimum atomic E-state index is -0.212. The van der Waals surface area contributed by atoms with Crippen LogP contribution in [0.5, 0.6) is 0 Å². The highest BCUT2D eigenvalue weighted by atomic mass is 16.1. The van der Waals surface area contributed by atoms with Crippen LogP contribution in [0.25, 0.3) is 0 Å². The van der Waals surface area contributed by atoms with Gasteiger partial charge in [0.2, 0.25) is 5.91 Å². The fourth-order valence-corrected chi connectivity index (χ4v) is 1.96. The lowest BCUT2D eigenvalue weighted by Gasteiger charge is -1.91. The number of carbonyl (C=O) groups is 1. The molecule has 0 spiro atoms. The van der Waals surface area contributed by atoms with Gasteiger partial charge in [0, 0.05) is 6.42 Å². The zero-order valence-electron chi connectivity index (χ0n) is 14.7. The van der Waals surface area contributed by atoms with Crippen molar-refractivity contribution < 1.29 is 10.3 Å². The summed E-state index contributed by atoms with van der Waals surface area (Å²) in [5.41, 5.74) is 5.07. The number of primary amides is 1. The van der Waals surface area contributed by atoms with Crippen molar-refractivity contribution in [1.29, 1.82) is 0 Å². The molecule has 132 valence electrons. The number of carbonyl (C=O) groups excluding carboxylic acids is 1. The average molecular weight is 322 g/mol. The Hall–Kier alpha value is -1.61. The van der Waals surface area contributed by atoms with Crippen molar-refractivity contribution in [3.8, 4) is 0 Å². The average Bonchev–Trinajstić information content (AvgIpc) is 2.50. The first kappa shape index (κ1) is 23.7. The van der Waals surface area contributed by atoms with Gasteiger partial charge in [-0.2, -0.15) is 0 Å². The number of allylic oxidation sites excluding steroid dienone is 8. The first-order valence-corrected chi connectivity index (χ1v) is 8.65. The molecular formula is C20H35NO2. The third kappa shape index (κ3) is 22.8. The molecule has 4 N–H and O–H groups in total. The van der Waals surface area contributed by atoms with Crippen molar-refractivity contribution in [3.63, 3.8) is 0 Å². The normalized spacial score (nSPS) is 11.9. The summed E-state index contributed by atoms with van der Waals surface area (Å²) in [4.78, 5) is 10.5. The highest BCUT2D eigenvalue weighted by molar-refractivity contribution is 5.73. The largest absolute Gasteiger partial charge is 0.412 e. The molecule has 0 saturated carbocycles. The van der Waals surface area contributed by atoms with Gasteiger partial charge in [0.25, 0.3) is 0 Å².